The summed E-state index contributed by atoms with van der Waals surface area (Å²) in [6.07, 6.45) is 2.01. The first-order valence-corrected chi connectivity index (χ1v) is 8.45. The zero-order chi connectivity index (χ0) is 16.1. The molecule has 2 aromatic heterocycles. The average Bonchev–Trinajstić information content (AvgIpc) is 3.20. The Labute approximate surface area is 137 Å². The van der Waals surface area contributed by atoms with E-state index >= 15 is 0 Å². The lowest BCUT2D eigenvalue weighted by atomic mass is 10.1. The molecule has 120 valence electrons. The first kappa shape index (κ1) is 15.6. The predicted molar refractivity (Wildman–Crippen MR) is 86.3 cm³/mol. The fourth-order valence-electron chi connectivity index (χ4n) is 2.23. The van der Waals surface area contributed by atoms with Gasteiger partial charge in [0.1, 0.15) is 0 Å². The summed E-state index contributed by atoms with van der Waals surface area (Å²) in [6.45, 7) is 1.36. The number of nitrogens with zero attached hydrogens (tertiary/aromatic N) is 6. The maximum atomic E-state index is 5.26. The summed E-state index contributed by atoms with van der Waals surface area (Å²) in [5.41, 5.74) is 2.09. The molecule has 9 heteroatoms. The fraction of sp³-hybridized carbons (Fsp3) is 0.357. The fourth-order valence-corrected chi connectivity index (χ4v) is 2.61. The first-order valence-electron chi connectivity index (χ1n) is 7.06. The third-order valence-corrected chi connectivity index (χ3v) is 3.72. The van der Waals surface area contributed by atoms with Gasteiger partial charge in [-0.15, -0.1) is 10.2 Å². The van der Waals surface area contributed by atoms with Gasteiger partial charge in [-0.2, -0.15) is 22.0 Å². The number of aromatic amines is 1. The van der Waals surface area contributed by atoms with Gasteiger partial charge in [0.25, 0.3) is 0 Å². The summed E-state index contributed by atoms with van der Waals surface area (Å²) in [6, 6.07) is 8.06. The van der Waals surface area contributed by atoms with Crippen LogP contribution in [0.4, 0.5) is 0 Å². The van der Waals surface area contributed by atoms with Crippen LogP contribution in [0.3, 0.4) is 0 Å². The number of thioether (sulfide) groups is 1. The summed E-state index contributed by atoms with van der Waals surface area (Å²) < 4.78 is 5.26. The van der Waals surface area contributed by atoms with Crippen molar-refractivity contribution < 1.29 is 4.52 Å². The van der Waals surface area contributed by atoms with Crippen molar-refractivity contribution in [3.63, 3.8) is 0 Å². The molecule has 0 aliphatic rings. The van der Waals surface area contributed by atoms with E-state index in [0.29, 0.717) is 18.3 Å². The number of hydrogen-bond acceptors (Lipinski definition) is 8. The second kappa shape index (κ2) is 7.34. The molecular weight excluding hydrogens is 314 g/mol. The number of rotatable bonds is 7. The third kappa shape index (κ3) is 4.14. The van der Waals surface area contributed by atoms with Gasteiger partial charge in [0, 0.05) is 12.1 Å². The predicted octanol–water partition coefficient (Wildman–Crippen LogP) is 1.74. The first-order chi connectivity index (χ1) is 11.2. The lowest BCUT2D eigenvalue weighted by molar-refractivity contribution is 0.260. The Morgan fingerprint density at radius 3 is 3.00 bits per heavy atom. The number of hydrogen-bond donors (Lipinski definition) is 1. The van der Waals surface area contributed by atoms with Crippen LogP contribution in [-0.4, -0.2) is 49.0 Å². The Bertz CT molecular complexity index is 743. The molecule has 0 fully saturated rings. The van der Waals surface area contributed by atoms with E-state index in [1.807, 2.05) is 31.5 Å². The molecule has 0 saturated carbocycles. The van der Waals surface area contributed by atoms with Crippen LogP contribution in [0.5, 0.6) is 0 Å². The van der Waals surface area contributed by atoms with Gasteiger partial charge < -0.3 is 4.52 Å². The van der Waals surface area contributed by atoms with Gasteiger partial charge in [-0.1, -0.05) is 23.4 Å². The monoisotopic (exact) mass is 331 g/mol. The van der Waals surface area contributed by atoms with Gasteiger partial charge >= 0.3 is 0 Å². The molecule has 3 aromatic rings. The van der Waals surface area contributed by atoms with E-state index in [4.69, 9.17) is 4.52 Å². The van der Waals surface area contributed by atoms with Crippen molar-refractivity contribution in [3.05, 3.63) is 41.5 Å². The van der Waals surface area contributed by atoms with Crippen LogP contribution in [-0.2, 0) is 18.8 Å². The van der Waals surface area contributed by atoms with Gasteiger partial charge in [-0.25, -0.2) is 0 Å². The van der Waals surface area contributed by atoms with Gasteiger partial charge in [-0.05, 0) is 30.1 Å². The number of nitrogens with one attached hydrogen (secondary N) is 1. The number of aromatic nitrogens is 6. The molecule has 0 radical (unpaired) electrons. The standard InChI is InChI=1S/C14H17N7OS/c1-21(8-13-15-12(9-23-2)18-22-13)7-10-4-3-5-11(6-10)14-16-19-20-17-14/h3-6H,7-9H2,1-2H3,(H,16,17,19,20). The molecule has 2 heterocycles. The second-order valence-corrected chi connectivity index (χ2v) is 6.01. The molecule has 0 unspecified atom stereocenters. The molecular formula is C14H17N7OS. The minimum Gasteiger partial charge on any atom is -0.338 e. The van der Waals surface area contributed by atoms with Crippen molar-refractivity contribution in [1.82, 2.24) is 35.7 Å². The molecule has 0 aliphatic heterocycles. The molecule has 0 aliphatic carbocycles. The van der Waals surface area contributed by atoms with Gasteiger partial charge in [-0.3, -0.25) is 4.90 Å². The Hall–Kier alpha value is -2.26. The van der Waals surface area contributed by atoms with Crippen LogP contribution in [0.1, 0.15) is 17.3 Å². The van der Waals surface area contributed by atoms with Crippen LogP contribution in [0.15, 0.2) is 28.8 Å². The Morgan fingerprint density at radius 2 is 2.22 bits per heavy atom. The smallest absolute Gasteiger partial charge is 0.240 e. The number of benzene rings is 1. The van der Waals surface area contributed by atoms with E-state index in [0.717, 1.165) is 29.2 Å². The van der Waals surface area contributed by atoms with Crippen molar-refractivity contribution in [3.8, 4) is 11.4 Å². The van der Waals surface area contributed by atoms with E-state index in [9.17, 15) is 0 Å². The number of H-pyrrole nitrogens is 1. The highest BCUT2D eigenvalue weighted by molar-refractivity contribution is 7.97. The Kier molecular flexibility index (Phi) is 4.99. The van der Waals surface area contributed by atoms with Gasteiger partial charge in [0.05, 0.1) is 12.3 Å². The minimum absolute atomic E-state index is 0.591. The van der Waals surface area contributed by atoms with E-state index in [-0.39, 0.29) is 0 Å². The molecule has 8 nitrogen and oxygen atoms in total. The molecule has 23 heavy (non-hydrogen) atoms. The highest BCUT2D eigenvalue weighted by Crippen LogP contribution is 2.16. The van der Waals surface area contributed by atoms with Gasteiger partial charge in [0.15, 0.2) is 5.82 Å². The van der Waals surface area contributed by atoms with Crippen molar-refractivity contribution >= 4 is 11.8 Å². The molecule has 0 bridgehead atoms. The van der Waals surface area contributed by atoms with E-state index < -0.39 is 0 Å². The van der Waals surface area contributed by atoms with E-state index in [1.54, 1.807) is 11.8 Å². The largest absolute Gasteiger partial charge is 0.338 e. The SMILES string of the molecule is CSCc1noc(CN(C)Cc2cccc(-c3nn[nH]n3)c2)n1. The van der Waals surface area contributed by atoms with Gasteiger partial charge in [0.2, 0.25) is 11.7 Å². The Morgan fingerprint density at radius 1 is 1.30 bits per heavy atom. The van der Waals surface area contributed by atoms with E-state index in [1.165, 1.54) is 0 Å². The highest BCUT2D eigenvalue weighted by Gasteiger charge is 2.10. The maximum Gasteiger partial charge on any atom is 0.240 e. The molecule has 1 N–H and O–H groups in total. The average molecular weight is 331 g/mol. The minimum atomic E-state index is 0.591. The van der Waals surface area contributed by atoms with Crippen molar-refractivity contribution in [1.29, 1.82) is 0 Å². The molecule has 0 saturated heterocycles. The van der Waals surface area contributed by atoms with Crippen molar-refractivity contribution in [2.45, 2.75) is 18.8 Å². The maximum absolute atomic E-state index is 5.26. The van der Waals surface area contributed by atoms with E-state index in [2.05, 4.69) is 41.7 Å². The topological polar surface area (TPSA) is 96.6 Å². The quantitative estimate of drug-likeness (QED) is 0.699. The van der Waals surface area contributed by atoms with Crippen LogP contribution in [0.2, 0.25) is 0 Å². The third-order valence-electron chi connectivity index (χ3n) is 3.17. The van der Waals surface area contributed by atoms with Crippen LogP contribution >= 0.6 is 11.8 Å². The van der Waals surface area contributed by atoms with Crippen molar-refractivity contribution in [2.24, 2.45) is 0 Å². The molecule has 3 rings (SSSR count). The second-order valence-electron chi connectivity index (χ2n) is 5.15. The lowest BCUT2D eigenvalue weighted by Gasteiger charge is -2.14. The lowest BCUT2D eigenvalue weighted by Crippen LogP contribution is -2.17. The van der Waals surface area contributed by atoms with Crippen LogP contribution in [0.25, 0.3) is 11.4 Å². The normalized spacial score (nSPS) is 11.3. The zero-order valence-corrected chi connectivity index (χ0v) is 13.7. The summed E-state index contributed by atoms with van der Waals surface area (Å²) in [7, 11) is 2.01. The number of tetrazole rings is 1. The Balaban J connectivity index is 1.63. The highest BCUT2D eigenvalue weighted by atomic mass is 32.2. The van der Waals surface area contributed by atoms with Crippen molar-refractivity contribution in [2.75, 3.05) is 13.3 Å². The summed E-state index contributed by atoms with van der Waals surface area (Å²) in [5.74, 6) is 2.72. The summed E-state index contributed by atoms with van der Waals surface area (Å²) in [4.78, 5) is 6.48. The molecule has 0 atom stereocenters. The van der Waals surface area contributed by atoms with Crippen LogP contribution in [0, 0.1) is 0 Å². The molecule has 0 spiro atoms. The zero-order valence-electron chi connectivity index (χ0n) is 12.9. The molecule has 0 amide bonds. The molecule has 1 aromatic carbocycles. The summed E-state index contributed by atoms with van der Waals surface area (Å²) in [5, 5.41) is 18.0. The summed E-state index contributed by atoms with van der Waals surface area (Å²) >= 11 is 1.67. The van der Waals surface area contributed by atoms with Crippen LogP contribution < -0.4 is 0 Å².